The molecule has 0 aliphatic rings. The fourth-order valence-electron chi connectivity index (χ4n) is 0.526. The Bertz CT molecular complexity index is 65.8. The highest BCUT2D eigenvalue weighted by Crippen LogP contribution is 2.14. The van der Waals surface area contributed by atoms with Crippen molar-refractivity contribution in [2.24, 2.45) is 11.7 Å². The van der Waals surface area contributed by atoms with Gasteiger partial charge >= 0.3 is 0 Å². The molecule has 0 aliphatic heterocycles. The fraction of sp³-hybridized carbons (Fsp3) is 1.00. The quantitative estimate of drug-likeness (QED) is 0.740. The first kappa shape index (κ1) is 12.4. The Hall–Kier alpha value is 0.690. The molecule has 0 aromatic rings. The average molecular weight is 243 g/mol. The van der Waals surface area contributed by atoms with Gasteiger partial charge in [0.2, 0.25) is 0 Å². The molecule has 2 N–H and O–H groups in total. The summed E-state index contributed by atoms with van der Waals surface area (Å²) in [5.41, 5.74) is 5.80. The van der Waals surface area contributed by atoms with Crippen molar-refractivity contribution in [3.8, 4) is 0 Å². The number of halogens is 1. The second-order valence-electron chi connectivity index (χ2n) is 3.13. The molecule has 0 saturated heterocycles. The van der Waals surface area contributed by atoms with E-state index in [1.165, 1.54) is 6.42 Å². The molecule has 0 aromatic heterocycles. The molecule has 1 nitrogen and oxygen atoms in total. The summed E-state index contributed by atoms with van der Waals surface area (Å²) in [6, 6.07) is 0. The first-order valence-electron chi connectivity index (χ1n) is 3.27. The monoisotopic (exact) mass is 243 g/mol. The van der Waals surface area contributed by atoms with E-state index in [-0.39, 0.29) is 29.5 Å². The topological polar surface area (TPSA) is 26.0 Å². The highest BCUT2D eigenvalue weighted by molar-refractivity contribution is 14.0. The largest absolute Gasteiger partial charge is 0.325 e. The molecule has 58 valence electrons. The van der Waals surface area contributed by atoms with E-state index >= 15 is 0 Å². The van der Waals surface area contributed by atoms with Gasteiger partial charge in [0, 0.05) is 5.54 Å². The zero-order valence-corrected chi connectivity index (χ0v) is 9.10. The molecule has 0 saturated carbocycles. The van der Waals surface area contributed by atoms with Crippen LogP contribution >= 0.6 is 24.0 Å². The van der Waals surface area contributed by atoms with Crippen molar-refractivity contribution < 1.29 is 0 Å². The summed E-state index contributed by atoms with van der Waals surface area (Å²) in [5.74, 6) is 0.627. The van der Waals surface area contributed by atoms with Crippen molar-refractivity contribution in [2.75, 3.05) is 0 Å². The Morgan fingerprint density at radius 2 is 1.78 bits per heavy atom. The predicted molar refractivity (Wildman–Crippen MR) is 53.1 cm³/mol. The van der Waals surface area contributed by atoms with Crippen molar-refractivity contribution in [3.63, 3.8) is 0 Å². The lowest BCUT2D eigenvalue weighted by Gasteiger charge is -2.25. The maximum Gasteiger partial charge on any atom is 0.0123 e. The minimum Gasteiger partial charge on any atom is -0.325 e. The van der Waals surface area contributed by atoms with Crippen molar-refractivity contribution in [1.82, 2.24) is 0 Å². The van der Waals surface area contributed by atoms with Crippen molar-refractivity contribution in [3.05, 3.63) is 0 Å². The van der Waals surface area contributed by atoms with Gasteiger partial charge in [-0.05, 0) is 19.8 Å². The molecular weight excluding hydrogens is 225 g/mol. The Morgan fingerprint density at radius 3 is 1.78 bits per heavy atom. The molecular formula is C7H18IN. The predicted octanol–water partition coefficient (Wildman–Crippen LogP) is 2.39. The number of nitrogens with two attached hydrogens (primary N) is 1. The lowest BCUT2D eigenvalue weighted by Crippen LogP contribution is -2.38. The third-order valence-electron chi connectivity index (χ3n) is 1.88. The van der Waals surface area contributed by atoms with Gasteiger partial charge in [-0.25, -0.2) is 0 Å². The van der Waals surface area contributed by atoms with Crippen molar-refractivity contribution in [1.29, 1.82) is 0 Å². The summed E-state index contributed by atoms with van der Waals surface area (Å²) in [4.78, 5) is 0. The van der Waals surface area contributed by atoms with Crippen molar-refractivity contribution >= 4 is 24.0 Å². The highest BCUT2D eigenvalue weighted by Gasteiger charge is 2.17. The lowest BCUT2D eigenvalue weighted by atomic mass is 9.88. The SMILES string of the molecule is CCC(C)C(C)(C)N.I. The van der Waals surface area contributed by atoms with Gasteiger partial charge in [0.1, 0.15) is 0 Å². The Labute approximate surface area is 75.4 Å². The van der Waals surface area contributed by atoms with Crippen LogP contribution in [-0.4, -0.2) is 5.54 Å². The van der Waals surface area contributed by atoms with Crippen LogP contribution in [0.2, 0.25) is 0 Å². The minimum absolute atomic E-state index is 0. The number of hydrogen-bond acceptors (Lipinski definition) is 1. The fourth-order valence-corrected chi connectivity index (χ4v) is 0.526. The van der Waals surface area contributed by atoms with Crippen LogP contribution in [0.1, 0.15) is 34.1 Å². The summed E-state index contributed by atoms with van der Waals surface area (Å²) in [7, 11) is 0. The molecule has 2 heteroatoms. The standard InChI is InChI=1S/C7H17N.HI/c1-5-6(2)7(3,4)8;/h6H,5,8H2,1-4H3;1H. The Balaban J connectivity index is 0. The van der Waals surface area contributed by atoms with E-state index in [1.54, 1.807) is 0 Å². The first-order valence-corrected chi connectivity index (χ1v) is 3.27. The summed E-state index contributed by atoms with van der Waals surface area (Å²) in [5, 5.41) is 0. The van der Waals surface area contributed by atoms with Gasteiger partial charge in [-0.1, -0.05) is 20.3 Å². The van der Waals surface area contributed by atoms with Gasteiger partial charge in [0.25, 0.3) is 0 Å². The van der Waals surface area contributed by atoms with Gasteiger partial charge in [-0.15, -0.1) is 24.0 Å². The van der Waals surface area contributed by atoms with Crippen LogP contribution in [0.4, 0.5) is 0 Å². The Kier molecular flexibility index (Phi) is 6.18. The summed E-state index contributed by atoms with van der Waals surface area (Å²) < 4.78 is 0. The van der Waals surface area contributed by atoms with E-state index in [0.29, 0.717) is 5.92 Å². The first-order chi connectivity index (χ1) is 3.48. The zero-order valence-electron chi connectivity index (χ0n) is 6.77. The van der Waals surface area contributed by atoms with E-state index < -0.39 is 0 Å². The van der Waals surface area contributed by atoms with E-state index in [4.69, 9.17) is 5.73 Å². The molecule has 0 bridgehead atoms. The van der Waals surface area contributed by atoms with Crippen LogP contribution in [0.5, 0.6) is 0 Å². The second kappa shape index (κ2) is 4.50. The van der Waals surface area contributed by atoms with Gasteiger partial charge in [0.05, 0.1) is 0 Å². The minimum atomic E-state index is 0. The molecule has 1 unspecified atom stereocenters. The van der Waals surface area contributed by atoms with Gasteiger partial charge in [0.15, 0.2) is 0 Å². The zero-order chi connectivity index (χ0) is 6.78. The third kappa shape index (κ3) is 5.15. The molecule has 0 spiro atoms. The van der Waals surface area contributed by atoms with Gasteiger partial charge in [-0.2, -0.15) is 0 Å². The maximum atomic E-state index is 5.79. The molecule has 0 aromatic carbocycles. The number of hydrogen-bond donors (Lipinski definition) is 1. The van der Waals surface area contributed by atoms with E-state index in [0.717, 1.165) is 0 Å². The molecule has 0 aliphatic carbocycles. The van der Waals surface area contributed by atoms with Crippen molar-refractivity contribution in [2.45, 2.75) is 39.7 Å². The molecule has 0 rings (SSSR count). The lowest BCUT2D eigenvalue weighted by molar-refractivity contribution is 0.337. The smallest absolute Gasteiger partial charge is 0.0123 e. The van der Waals surface area contributed by atoms with Crippen LogP contribution in [0.3, 0.4) is 0 Å². The van der Waals surface area contributed by atoms with Gasteiger partial charge in [-0.3, -0.25) is 0 Å². The summed E-state index contributed by atoms with van der Waals surface area (Å²) in [6.07, 6.45) is 1.17. The molecule has 1 atom stereocenters. The molecule has 0 heterocycles. The van der Waals surface area contributed by atoms with E-state index in [2.05, 4.69) is 27.7 Å². The normalized spacial score (nSPS) is 14.3. The molecule has 0 amide bonds. The van der Waals surface area contributed by atoms with Gasteiger partial charge < -0.3 is 5.73 Å². The summed E-state index contributed by atoms with van der Waals surface area (Å²) >= 11 is 0. The van der Waals surface area contributed by atoms with Crippen LogP contribution in [0, 0.1) is 5.92 Å². The Morgan fingerprint density at radius 1 is 1.44 bits per heavy atom. The van der Waals surface area contributed by atoms with Crippen LogP contribution < -0.4 is 5.73 Å². The van der Waals surface area contributed by atoms with Crippen LogP contribution in [0.25, 0.3) is 0 Å². The second-order valence-corrected chi connectivity index (χ2v) is 3.13. The maximum absolute atomic E-state index is 5.79. The van der Waals surface area contributed by atoms with E-state index in [1.807, 2.05) is 0 Å². The molecule has 9 heavy (non-hydrogen) atoms. The molecule has 0 fully saturated rings. The van der Waals surface area contributed by atoms with Crippen LogP contribution in [-0.2, 0) is 0 Å². The number of rotatable bonds is 2. The summed E-state index contributed by atoms with van der Waals surface area (Å²) in [6.45, 7) is 8.49. The third-order valence-corrected chi connectivity index (χ3v) is 1.88. The average Bonchev–Trinajstić information content (AvgIpc) is 1.62. The van der Waals surface area contributed by atoms with E-state index in [9.17, 15) is 0 Å². The van der Waals surface area contributed by atoms with Crippen LogP contribution in [0.15, 0.2) is 0 Å². The highest BCUT2D eigenvalue weighted by atomic mass is 127. The molecule has 0 radical (unpaired) electrons.